The standard InChI is InChI=1S/C16H20ClN3O3S/c1-10(18-14(21)23-16(2,3)4)13-19-20-15(22-13)24-9-11-7-5-6-8-12(11)17/h5-8,10H,9H2,1-4H3,(H,18,21)/t10-/m0/s1. The Morgan fingerprint density at radius 2 is 2.08 bits per heavy atom. The second kappa shape index (κ2) is 7.90. The van der Waals surface area contributed by atoms with Crippen molar-refractivity contribution in [3.63, 3.8) is 0 Å². The van der Waals surface area contributed by atoms with Crippen molar-refractivity contribution in [2.75, 3.05) is 0 Å². The SMILES string of the molecule is C[C@H](NC(=O)OC(C)(C)C)c1nnc(SCc2ccccc2Cl)o1. The molecule has 1 amide bonds. The van der Waals surface area contributed by atoms with Crippen LogP contribution in [-0.4, -0.2) is 21.9 Å². The molecule has 1 N–H and O–H groups in total. The first-order chi connectivity index (χ1) is 11.2. The number of ether oxygens (including phenoxy) is 1. The summed E-state index contributed by atoms with van der Waals surface area (Å²) in [6.07, 6.45) is -0.529. The summed E-state index contributed by atoms with van der Waals surface area (Å²) in [5.74, 6) is 0.942. The second-order valence-corrected chi connectivity index (χ2v) is 7.49. The maximum atomic E-state index is 11.8. The molecular weight excluding hydrogens is 350 g/mol. The third-order valence-electron chi connectivity index (χ3n) is 2.83. The monoisotopic (exact) mass is 369 g/mol. The fourth-order valence-electron chi connectivity index (χ4n) is 1.75. The van der Waals surface area contributed by atoms with Crippen molar-refractivity contribution in [2.45, 2.75) is 50.3 Å². The van der Waals surface area contributed by atoms with Gasteiger partial charge in [0, 0.05) is 10.8 Å². The van der Waals surface area contributed by atoms with Gasteiger partial charge < -0.3 is 14.5 Å². The van der Waals surface area contributed by atoms with Crippen LogP contribution in [0.1, 0.15) is 45.2 Å². The Bertz CT molecular complexity index is 700. The number of halogens is 1. The van der Waals surface area contributed by atoms with Crippen LogP contribution in [0.15, 0.2) is 33.9 Å². The number of alkyl carbamates (subject to hydrolysis) is 1. The molecule has 0 saturated carbocycles. The smallest absolute Gasteiger partial charge is 0.408 e. The van der Waals surface area contributed by atoms with Gasteiger partial charge in [-0.05, 0) is 39.3 Å². The highest BCUT2D eigenvalue weighted by Crippen LogP contribution is 2.26. The Morgan fingerprint density at radius 1 is 1.38 bits per heavy atom. The Hall–Kier alpha value is -1.73. The molecule has 1 heterocycles. The molecule has 0 saturated heterocycles. The summed E-state index contributed by atoms with van der Waals surface area (Å²) in [7, 11) is 0. The molecule has 24 heavy (non-hydrogen) atoms. The number of benzene rings is 1. The lowest BCUT2D eigenvalue weighted by molar-refractivity contribution is 0.0500. The number of carbonyl (C=O) groups is 1. The van der Waals surface area contributed by atoms with Crippen molar-refractivity contribution in [3.05, 3.63) is 40.7 Å². The first-order valence-electron chi connectivity index (χ1n) is 7.44. The van der Waals surface area contributed by atoms with Crippen LogP contribution in [0.5, 0.6) is 0 Å². The van der Waals surface area contributed by atoms with Crippen LogP contribution in [0.4, 0.5) is 4.79 Å². The molecule has 1 aromatic heterocycles. The fourth-order valence-corrected chi connectivity index (χ4v) is 2.81. The van der Waals surface area contributed by atoms with Gasteiger partial charge in [0.15, 0.2) is 0 Å². The number of carbonyl (C=O) groups excluding carboxylic acids is 1. The minimum Gasteiger partial charge on any atom is -0.444 e. The molecule has 2 rings (SSSR count). The number of nitrogens with one attached hydrogen (secondary N) is 1. The maximum absolute atomic E-state index is 11.8. The normalized spacial score (nSPS) is 12.7. The second-order valence-electron chi connectivity index (χ2n) is 6.15. The molecule has 0 spiro atoms. The van der Waals surface area contributed by atoms with E-state index < -0.39 is 17.7 Å². The van der Waals surface area contributed by atoms with Crippen molar-refractivity contribution >= 4 is 29.5 Å². The Labute approximate surface area is 150 Å². The van der Waals surface area contributed by atoms with Crippen LogP contribution in [0.3, 0.4) is 0 Å². The van der Waals surface area contributed by atoms with E-state index in [9.17, 15) is 4.79 Å². The van der Waals surface area contributed by atoms with Crippen molar-refractivity contribution < 1.29 is 13.9 Å². The van der Waals surface area contributed by atoms with Gasteiger partial charge in [-0.15, -0.1) is 10.2 Å². The highest BCUT2D eigenvalue weighted by atomic mass is 35.5. The summed E-state index contributed by atoms with van der Waals surface area (Å²) in [5, 5.41) is 11.7. The summed E-state index contributed by atoms with van der Waals surface area (Å²) in [6, 6.07) is 7.14. The fraction of sp³-hybridized carbons (Fsp3) is 0.438. The summed E-state index contributed by atoms with van der Waals surface area (Å²) < 4.78 is 10.8. The summed E-state index contributed by atoms with van der Waals surface area (Å²) >= 11 is 7.50. The molecule has 0 aliphatic rings. The van der Waals surface area contributed by atoms with Crippen LogP contribution < -0.4 is 5.32 Å². The molecule has 1 atom stereocenters. The van der Waals surface area contributed by atoms with Gasteiger partial charge in [0.25, 0.3) is 5.22 Å². The lowest BCUT2D eigenvalue weighted by Crippen LogP contribution is -2.34. The topological polar surface area (TPSA) is 77.2 Å². The van der Waals surface area contributed by atoms with Crippen LogP contribution in [-0.2, 0) is 10.5 Å². The van der Waals surface area contributed by atoms with Crippen molar-refractivity contribution in [3.8, 4) is 0 Å². The Balaban J connectivity index is 1.90. The van der Waals surface area contributed by atoms with Gasteiger partial charge in [-0.25, -0.2) is 4.79 Å². The molecule has 0 aliphatic heterocycles. The maximum Gasteiger partial charge on any atom is 0.408 e. The summed E-state index contributed by atoms with van der Waals surface area (Å²) in [6.45, 7) is 7.15. The lowest BCUT2D eigenvalue weighted by atomic mass is 10.2. The molecule has 8 heteroatoms. The van der Waals surface area contributed by atoms with Crippen LogP contribution >= 0.6 is 23.4 Å². The van der Waals surface area contributed by atoms with E-state index in [2.05, 4.69) is 15.5 Å². The number of thioether (sulfide) groups is 1. The van der Waals surface area contributed by atoms with E-state index in [1.807, 2.05) is 24.3 Å². The van der Waals surface area contributed by atoms with Gasteiger partial charge >= 0.3 is 6.09 Å². The molecule has 0 unspecified atom stereocenters. The third-order valence-corrected chi connectivity index (χ3v) is 4.07. The van der Waals surface area contributed by atoms with E-state index in [4.69, 9.17) is 20.8 Å². The van der Waals surface area contributed by atoms with Crippen molar-refractivity contribution in [1.29, 1.82) is 0 Å². The molecule has 0 radical (unpaired) electrons. The summed E-state index contributed by atoms with van der Waals surface area (Å²) in [4.78, 5) is 11.8. The number of hydrogen-bond donors (Lipinski definition) is 1. The van der Waals surface area contributed by atoms with Gasteiger partial charge in [0.1, 0.15) is 11.6 Å². The highest BCUT2D eigenvalue weighted by molar-refractivity contribution is 7.98. The van der Waals surface area contributed by atoms with E-state index in [1.54, 1.807) is 27.7 Å². The van der Waals surface area contributed by atoms with Crippen molar-refractivity contribution in [1.82, 2.24) is 15.5 Å². The Morgan fingerprint density at radius 3 is 2.75 bits per heavy atom. The Kier molecular flexibility index (Phi) is 6.12. The largest absolute Gasteiger partial charge is 0.444 e. The molecule has 0 fully saturated rings. The summed E-state index contributed by atoms with van der Waals surface area (Å²) in [5.41, 5.74) is 0.429. The number of aromatic nitrogens is 2. The number of hydrogen-bond acceptors (Lipinski definition) is 6. The highest BCUT2D eigenvalue weighted by Gasteiger charge is 2.21. The molecule has 130 valence electrons. The van der Waals surface area contributed by atoms with E-state index in [0.717, 1.165) is 5.56 Å². The molecule has 2 aromatic rings. The van der Waals surface area contributed by atoms with Gasteiger partial charge in [-0.2, -0.15) is 0 Å². The number of rotatable bonds is 5. The van der Waals surface area contributed by atoms with Gasteiger partial charge in [0.2, 0.25) is 5.89 Å². The van der Waals surface area contributed by atoms with Crippen molar-refractivity contribution in [2.24, 2.45) is 0 Å². The van der Waals surface area contributed by atoms with Crippen LogP contribution in [0, 0.1) is 0 Å². The average molecular weight is 370 g/mol. The molecule has 6 nitrogen and oxygen atoms in total. The predicted octanol–water partition coefficient (Wildman–Crippen LogP) is 4.60. The van der Waals surface area contributed by atoms with E-state index in [0.29, 0.717) is 21.9 Å². The zero-order valence-electron chi connectivity index (χ0n) is 14.0. The number of amides is 1. The molecule has 1 aromatic carbocycles. The van der Waals surface area contributed by atoms with E-state index in [-0.39, 0.29) is 0 Å². The minimum absolute atomic E-state index is 0.322. The molecular formula is C16H20ClN3O3S. The third kappa shape index (κ3) is 5.72. The average Bonchev–Trinajstić information content (AvgIpc) is 2.93. The van der Waals surface area contributed by atoms with Gasteiger partial charge in [0.05, 0.1) is 0 Å². The van der Waals surface area contributed by atoms with E-state index >= 15 is 0 Å². The van der Waals surface area contributed by atoms with E-state index in [1.165, 1.54) is 11.8 Å². The molecule has 0 bridgehead atoms. The quantitative estimate of drug-likeness (QED) is 0.776. The van der Waals surface area contributed by atoms with Crippen LogP contribution in [0.25, 0.3) is 0 Å². The zero-order chi connectivity index (χ0) is 17.7. The van der Waals surface area contributed by atoms with Crippen LogP contribution in [0.2, 0.25) is 5.02 Å². The first-order valence-corrected chi connectivity index (χ1v) is 8.80. The number of nitrogens with zero attached hydrogens (tertiary/aromatic N) is 2. The zero-order valence-corrected chi connectivity index (χ0v) is 15.6. The first kappa shape index (κ1) is 18.6. The predicted molar refractivity (Wildman–Crippen MR) is 93.1 cm³/mol. The lowest BCUT2D eigenvalue weighted by Gasteiger charge is -2.20. The van der Waals surface area contributed by atoms with Gasteiger partial charge in [-0.3, -0.25) is 0 Å². The van der Waals surface area contributed by atoms with Gasteiger partial charge in [-0.1, -0.05) is 41.6 Å². The minimum atomic E-state index is -0.561. The molecule has 0 aliphatic carbocycles.